The zero-order valence-corrected chi connectivity index (χ0v) is 60.7. The van der Waals surface area contributed by atoms with Crippen molar-refractivity contribution < 1.29 is 62.1 Å². The Morgan fingerprint density at radius 2 is 1.06 bits per heavy atom. The van der Waals surface area contributed by atoms with E-state index in [1.807, 2.05) is 23.1 Å². The van der Waals surface area contributed by atoms with Crippen molar-refractivity contribution in [3.63, 3.8) is 0 Å². The van der Waals surface area contributed by atoms with E-state index in [4.69, 9.17) is 0 Å². The number of aryl methyl sites for hydroxylation is 1. The fourth-order valence-electron chi connectivity index (χ4n) is 13.1. The predicted octanol–water partition coefficient (Wildman–Crippen LogP) is 12.6. The van der Waals surface area contributed by atoms with Crippen LogP contribution in [0.1, 0.15) is 65.8 Å². The molecule has 10 aromatic rings. The Hall–Kier alpha value is -9.37. The van der Waals surface area contributed by atoms with Crippen molar-refractivity contribution in [2.24, 2.45) is 5.92 Å². The first-order chi connectivity index (χ1) is 48.9. The van der Waals surface area contributed by atoms with Crippen molar-refractivity contribution >= 4 is 131 Å². The van der Waals surface area contributed by atoms with Crippen molar-refractivity contribution in [2.45, 2.75) is 78.8 Å². The fraction of sp³-hybridized carbons (Fsp3) is 0.296. The summed E-state index contributed by atoms with van der Waals surface area (Å²) in [6.07, 6.45) is 8.93. The standard InChI is InChI=1S/C27H31N5O4S2.C25H25FN4O4S2.C19H19FN4O2S2.6H2/c1-19(2)25(32-14-5-7-20-6-3-4-8-23(20)32)26(34)30-15-16-31(24(33)18-30)21-9-11-22(12-10-21)38(35,36)29-27-28-13-17-37-27;1-17(30-13-9-20-21(26)3-2-4-22(20)30)23(31)29-14-10-25(32,11-15-29)18-5-7-19(8-6-18)36(33,34)28-24-27-12-16-35-24;20-17-3-1-2-4-18(17)24-12-10-23(11-13-24)15-5-7-16(8-6-15)28(25,26)22-19-21-9-14-27-19;;;;;;/h3-4,6,8-13,17,19,25H,5,7,14-16,18H2,1-2H3,(H,28,29);2-9,12-13,16-17,32H,10-11,14-15H2,1H3,(H,27,28);1-9,14H,10-13H2,(H,21,22);6*1H/t25-;17-;;;;;;;/m00......./s1. The largest absolute Gasteiger partial charge is 0.385 e. The maximum atomic E-state index is 14.1. The highest BCUT2D eigenvalue weighted by atomic mass is 32.2. The number of rotatable bonds is 18. The number of fused-ring (bicyclic) bond motifs is 2. The first-order valence-electron chi connectivity index (χ1n) is 33.0. The van der Waals surface area contributed by atoms with Crippen LogP contribution in [0.25, 0.3) is 10.9 Å². The molecule has 4 aliphatic rings. The molecule has 23 nitrogen and oxygen atoms in total. The van der Waals surface area contributed by atoms with Crippen LogP contribution in [-0.2, 0) is 56.5 Å². The molecule has 31 heteroatoms. The molecule has 14 rings (SSSR count). The van der Waals surface area contributed by atoms with Gasteiger partial charge in [-0.1, -0.05) is 62.4 Å². The molecular weight excluding hydrogens is 1430 g/mol. The number of hydrogen-bond acceptors (Lipinski definition) is 19. The molecule has 546 valence electrons. The quantitative estimate of drug-likeness (QED) is 0.0621. The van der Waals surface area contributed by atoms with E-state index in [9.17, 15) is 53.5 Å². The maximum absolute atomic E-state index is 14.1. The molecule has 0 spiro atoms. The van der Waals surface area contributed by atoms with E-state index in [1.165, 1.54) is 88.4 Å². The summed E-state index contributed by atoms with van der Waals surface area (Å²) >= 11 is 3.60. The van der Waals surface area contributed by atoms with E-state index >= 15 is 0 Å². The number of hydrogen-bond donors (Lipinski definition) is 4. The molecule has 2 atom stereocenters. The lowest BCUT2D eigenvalue weighted by molar-refractivity contribution is -0.139. The second-order valence-electron chi connectivity index (χ2n) is 25.1. The number of piperidine rings is 1. The van der Waals surface area contributed by atoms with Gasteiger partial charge in [0.25, 0.3) is 30.1 Å². The van der Waals surface area contributed by atoms with Gasteiger partial charge in [0.1, 0.15) is 30.3 Å². The zero-order valence-electron chi connectivity index (χ0n) is 55.8. The summed E-state index contributed by atoms with van der Waals surface area (Å²) in [5.74, 6) is -0.783. The van der Waals surface area contributed by atoms with Gasteiger partial charge in [-0.15, -0.1) is 34.0 Å². The minimum absolute atomic E-state index is 0. The lowest BCUT2D eigenvalue weighted by Crippen LogP contribution is -2.59. The number of aromatic nitrogens is 4. The van der Waals surface area contributed by atoms with Gasteiger partial charge in [-0.25, -0.2) is 49.0 Å². The third-order valence-electron chi connectivity index (χ3n) is 18.4. The molecule has 0 bridgehead atoms. The smallest absolute Gasteiger partial charge is 0.263 e. The zero-order chi connectivity index (χ0) is 71.9. The predicted molar refractivity (Wildman–Crippen MR) is 408 cm³/mol. The average molecular weight is 1510 g/mol. The molecule has 0 saturated carbocycles. The molecule has 0 aliphatic carbocycles. The van der Waals surface area contributed by atoms with E-state index in [1.54, 1.807) is 134 Å². The third kappa shape index (κ3) is 16.4. The van der Waals surface area contributed by atoms with E-state index in [2.05, 4.69) is 64.9 Å². The maximum Gasteiger partial charge on any atom is 0.263 e. The van der Waals surface area contributed by atoms with Crippen molar-refractivity contribution in [1.29, 1.82) is 0 Å². The number of nitrogens with zero attached hydrogens (tertiary/aromatic N) is 10. The highest BCUT2D eigenvalue weighted by Crippen LogP contribution is 2.37. The monoisotopic (exact) mass is 1510 g/mol. The second kappa shape index (κ2) is 31.1. The van der Waals surface area contributed by atoms with Crippen LogP contribution in [0, 0.1) is 17.6 Å². The minimum Gasteiger partial charge on any atom is -0.385 e. The Morgan fingerprint density at radius 1 is 0.549 bits per heavy atom. The number of piperazine rings is 2. The molecule has 3 saturated heterocycles. The summed E-state index contributed by atoms with van der Waals surface area (Å²) in [6, 6.07) is 39.7. The number of aliphatic hydroxyl groups is 1. The topological polar surface area (TPSA) is 273 Å². The summed E-state index contributed by atoms with van der Waals surface area (Å²) in [4.78, 5) is 63.7. The van der Waals surface area contributed by atoms with Gasteiger partial charge in [0.2, 0.25) is 17.7 Å². The van der Waals surface area contributed by atoms with Crippen LogP contribution in [0.4, 0.5) is 46.9 Å². The molecule has 3 amide bonds. The lowest BCUT2D eigenvalue weighted by Gasteiger charge is -2.43. The number of thiazole rings is 3. The molecule has 0 radical (unpaired) electrons. The normalized spacial score (nSPS) is 16.3. The Balaban J connectivity index is 0.000000249. The van der Waals surface area contributed by atoms with Crippen LogP contribution in [0.15, 0.2) is 201 Å². The van der Waals surface area contributed by atoms with Crippen molar-refractivity contribution in [2.75, 3.05) is 99.2 Å². The average Bonchev–Trinajstić information content (AvgIpc) is 1.40. The van der Waals surface area contributed by atoms with Gasteiger partial charge in [-0.3, -0.25) is 28.5 Å². The lowest BCUT2D eigenvalue weighted by atomic mass is 9.84. The SMILES string of the molecule is CC(C)[C@@H](C(=O)N1CCN(c2ccc(S(=O)(=O)Nc3nccs3)cc2)C(=O)C1)N1CCCc2ccccc21.C[C@@H](C(=O)N1CCC(O)(c2ccc(S(=O)(=O)Nc3nccs3)cc2)CC1)n1ccc2c(F)cccc21.O=S(=O)(Nc1nccs1)c1ccc(N2CCN(c3ccccc3F)CC2)cc1.[HH].[HH].[HH].[HH].[HH].[HH]. The van der Waals surface area contributed by atoms with Gasteiger partial charge in [0.05, 0.1) is 31.5 Å². The highest BCUT2D eigenvalue weighted by Gasteiger charge is 2.40. The van der Waals surface area contributed by atoms with Gasteiger partial charge in [0, 0.05) is 131 Å². The molecule has 4 aromatic heterocycles. The Bertz CT molecular complexity index is 4940. The van der Waals surface area contributed by atoms with Crippen LogP contribution >= 0.6 is 34.0 Å². The Labute approximate surface area is 611 Å². The third-order valence-corrected chi connectivity index (χ3v) is 24.9. The van der Waals surface area contributed by atoms with E-state index in [0.717, 1.165) is 43.9 Å². The molecule has 6 aromatic carbocycles. The van der Waals surface area contributed by atoms with Crippen LogP contribution in [-0.4, -0.2) is 149 Å². The van der Waals surface area contributed by atoms with Crippen LogP contribution in [0.2, 0.25) is 0 Å². The highest BCUT2D eigenvalue weighted by molar-refractivity contribution is 7.93. The number of benzene rings is 6. The second-order valence-corrected chi connectivity index (χ2v) is 32.8. The molecule has 4 aliphatic heterocycles. The number of carbonyl (C=O) groups excluding carboxylic acids is 3. The first kappa shape index (κ1) is 72.4. The Kier molecular flexibility index (Phi) is 22.1. The summed E-state index contributed by atoms with van der Waals surface area (Å²) in [5, 5.41) is 17.7. The molecule has 8 heterocycles. The number of likely N-dealkylation sites (tertiary alicyclic amines) is 1. The van der Waals surface area contributed by atoms with Gasteiger partial charge in [-0.05, 0) is 147 Å². The summed E-state index contributed by atoms with van der Waals surface area (Å²) in [7, 11) is -11.2. The van der Waals surface area contributed by atoms with E-state index in [-0.39, 0.29) is 81.4 Å². The molecule has 4 N–H and O–H groups in total. The first-order valence-corrected chi connectivity index (χ1v) is 40.1. The summed E-state index contributed by atoms with van der Waals surface area (Å²) < 4.78 is 112. The van der Waals surface area contributed by atoms with Crippen molar-refractivity contribution in [3.05, 3.63) is 209 Å². The number of halogens is 2. The summed E-state index contributed by atoms with van der Waals surface area (Å²) in [5.41, 5.74) is 4.61. The van der Waals surface area contributed by atoms with Gasteiger partial charge >= 0.3 is 0 Å². The number of anilines is 7. The van der Waals surface area contributed by atoms with Gasteiger partial charge < -0.3 is 39.1 Å². The number of sulfonamides is 3. The molecule has 0 unspecified atom stereocenters. The van der Waals surface area contributed by atoms with Crippen LogP contribution in [0.5, 0.6) is 0 Å². The number of carbonyl (C=O) groups is 3. The molecule has 102 heavy (non-hydrogen) atoms. The van der Waals surface area contributed by atoms with Gasteiger partial charge in [0.15, 0.2) is 15.4 Å². The van der Waals surface area contributed by atoms with Crippen molar-refractivity contribution in [1.82, 2.24) is 29.3 Å². The number of amides is 3. The van der Waals surface area contributed by atoms with E-state index < -0.39 is 41.7 Å². The van der Waals surface area contributed by atoms with E-state index in [0.29, 0.717) is 85.1 Å². The fourth-order valence-corrected chi connectivity index (χ4v) is 18.4. The molecular formula is C71H87F2N13O10S6. The Morgan fingerprint density at radius 3 is 1.59 bits per heavy atom. The number of para-hydroxylation sites is 2. The van der Waals surface area contributed by atoms with Crippen LogP contribution < -0.4 is 33.8 Å². The number of nitrogens with one attached hydrogen (secondary N) is 3. The summed E-state index contributed by atoms with van der Waals surface area (Å²) in [6.45, 7) is 11.0. The van der Waals surface area contributed by atoms with Crippen LogP contribution in [0.3, 0.4) is 0 Å². The molecule has 3 fully saturated rings. The van der Waals surface area contributed by atoms with Gasteiger partial charge in [-0.2, -0.15) is 0 Å². The van der Waals surface area contributed by atoms with Crippen molar-refractivity contribution in [3.8, 4) is 0 Å². The minimum atomic E-state index is -3.78.